The Balaban J connectivity index is 2.24. The van der Waals surface area contributed by atoms with Gasteiger partial charge in [0.25, 0.3) is 0 Å². The first-order valence-electron chi connectivity index (χ1n) is 6.45. The van der Waals surface area contributed by atoms with Crippen LogP contribution in [0.1, 0.15) is 11.1 Å². The fourth-order valence-corrected chi connectivity index (χ4v) is 1.90. The second-order valence-electron chi connectivity index (χ2n) is 4.24. The van der Waals surface area contributed by atoms with Crippen LogP contribution in [0.5, 0.6) is 0 Å². The lowest BCUT2D eigenvalue weighted by Crippen LogP contribution is -2.13. The van der Waals surface area contributed by atoms with Crippen LogP contribution in [0.15, 0.2) is 66.9 Å². The van der Waals surface area contributed by atoms with Gasteiger partial charge in [0, 0.05) is 25.4 Å². The van der Waals surface area contributed by atoms with Gasteiger partial charge in [-0.1, -0.05) is 60.7 Å². The fraction of sp³-hybridized carbons (Fsp3) is 0.176. The van der Waals surface area contributed by atoms with Crippen LogP contribution < -0.4 is 5.32 Å². The largest absolute Gasteiger partial charge is 0.388 e. The molecule has 2 heteroatoms. The Kier molecular flexibility index (Phi) is 5.20. The molecule has 19 heavy (non-hydrogen) atoms. The van der Waals surface area contributed by atoms with Gasteiger partial charge in [-0.05, 0) is 11.1 Å². The molecular weight excluding hydrogens is 234 g/mol. The van der Waals surface area contributed by atoms with Gasteiger partial charge in [-0.3, -0.25) is 0 Å². The SMILES string of the molecule is COCCNC=C(c1ccccc1)c1ccccc1. The average Bonchev–Trinajstić information content (AvgIpc) is 2.49. The highest BCUT2D eigenvalue weighted by Crippen LogP contribution is 2.22. The molecule has 2 rings (SSSR count). The molecule has 98 valence electrons. The van der Waals surface area contributed by atoms with Crippen molar-refractivity contribution in [3.63, 3.8) is 0 Å². The molecule has 2 nitrogen and oxygen atoms in total. The summed E-state index contributed by atoms with van der Waals surface area (Å²) in [6.45, 7) is 1.51. The molecule has 0 saturated carbocycles. The first kappa shape index (κ1) is 13.4. The molecule has 0 spiro atoms. The summed E-state index contributed by atoms with van der Waals surface area (Å²) in [6, 6.07) is 20.8. The van der Waals surface area contributed by atoms with Crippen molar-refractivity contribution >= 4 is 5.57 Å². The van der Waals surface area contributed by atoms with Gasteiger partial charge in [-0.25, -0.2) is 0 Å². The number of ether oxygens (including phenoxy) is 1. The molecule has 0 unspecified atom stereocenters. The zero-order valence-electron chi connectivity index (χ0n) is 11.2. The predicted octanol–water partition coefficient (Wildman–Crippen LogP) is 3.31. The lowest BCUT2D eigenvalue weighted by atomic mass is 9.99. The van der Waals surface area contributed by atoms with Crippen molar-refractivity contribution in [1.29, 1.82) is 0 Å². The summed E-state index contributed by atoms with van der Waals surface area (Å²) in [5.41, 5.74) is 3.61. The van der Waals surface area contributed by atoms with E-state index in [1.54, 1.807) is 7.11 Å². The Morgan fingerprint density at radius 2 is 1.47 bits per heavy atom. The van der Waals surface area contributed by atoms with Crippen molar-refractivity contribution < 1.29 is 4.74 Å². The molecule has 0 amide bonds. The van der Waals surface area contributed by atoms with E-state index in [1.165, 1.54) is 16.7 Å². The van der Waals surface area contributed by atoms with Crippen molar-refractivity contribution in [3.8, 4) is 0 Å². The molecule has 2 aromatic carbocycles. The maximum Gasteiger partial charge on any atom is 0.0635 e. The molecule has 0 aliphatic heterocycles. The van der Waals surface area contributed by atoms with E-state index in [0.29, 0.717) is 6.61 Å². The number of hydrogen-bond acceptors (Lipinski definition) is 2. The van der Waals surface area contributed by atoms with Crippen LogP contribution in [0.4, 0.5) is 0 Å². The van der Waals surface area contributed by atoms with Crippen LogP contribution in [0, 0.1) is 0 Å². The molecule has 0 heterocycles. The summed E-state index contributed by atoms with van der Waals surface area (Å²) in [7, 11) is 1.71. The minimum atomic E-state index is 0.702. The smallest absolute Gasteiger partial charge is 0.0635 e. The summed E-state index contributed by atoms with van der Waals surface area (Å²) < 4.78 is 5.04. The first-order valence-corrected chi connectivity index (χ1v) is 6.45. The second-order valence-corrected chi connectivity index (χ2v) is 4.24. The number of nitrogens with one attached hydrogen (secondary N) is 1. The maximum atomic E-state index is 5.04. The highest BCUT2D eigenvalue weighted by atomic mass is 16.5. The fourth-order valence-electron chi connectivity index (χ4n) is 1.90. The van der Waals surface area contributed by atoms with Gasteiger partial charge >= 0.3 is 0 Å². The molecule has 0 bridgehead atoms. The number of hydrogen-bond donors (Lipinski definition) is 1. The Morgan fingerprint density at radius 3 is 1.95 bits per heavy atom. The van der Waals surface area contributed by atoms with E-state index in [4.69, 9.17) is 4.74 Å². The summed E-state index contributed by atoms with van der Waals surface area (Å²) >= 11 is 0. The van der Waals surface area contributed by atoms with Gasteiger partial charge in [0.05, 0.1) is 6.61 Å². The van der Waals surface area contributed by atoms with Gasteiger partial charge in [0.15, 0.2) is 0 Å². The zero-order chi connectivity index (χ0) is 13.3. The lowest BCUT2D eigenvalue weighted by molar-refractivity contribution is 0.203. The highest BCUT2D eigenvalue weighted by Gasteiger charge is 2.03. The zero-order valence-corrected chi connectivity index (χ0v) is 11.2. The first-order chi connectivity index (χ1) is 9.42. The van der Waals surface area contributed by atoms with Crippen LogP contribution in [0.2, 0.25) is 0 Å². The molecule has 0 fully saturated rings. The Labute approximate surface area is 114 Å². The van der Waals surface area contributed by atoms with Crippen LogP contribution >= 0.6 is 0 Å². The molecule has 0 saturated heterocycles. The van der Waals surface area contributed by atoms with E-state index in [0.717, 1.165) is 6.54 Å². The highest BCUT2D eigenvalue weighted by molar-refractivity contribution is 5.79. The van der Waals surface area contributed by atoms with Crippen LogP contribution in [0.25, 0.3) is 5.57 Å². The maximum absolute atomic E-state index is 5.04. The molecule has 0 aromatic heterocycles. The number of methoxy groups -OCH3 is 1. The van der Waals surface area contributed by atoms with Crippen molar-refractivity contribution in [2.75, 3.05) is 20.3 Å². The number of rotatable bonds is 6. The summed E-state index contributed by atoms with van der Waals surface area (Å²) in [5.74, 6) is 0. The molecule has 0 aliphatic carbocycles. The van der Waals surface area contributed by atoms with E-state index >= 15 is 0 Å². The molecular formula is C17H19NO. The van der Waals surface area contributed by atoms with E-state index in [2.05, 4.69) is 60.0 Å². The van der Waals surface area contributed by atoms with Crippen LogP contribution in [-0.2, 0) is 4.74 Å². The molecule has 0 aliphatic rings. The minimum Gasteiger partial charge on any atom is -0.388 e. The average molecular weight is 253 g/mol. The standard InChI is InChI=1S/C17H19NO/c1-19-13-12-18-14-17(15-8-4-2-5-9-15)16-10-6-3-7-11-16/h2-11,14,18H,12-13H2,1H3. The molecule has 0 atom stereocenters. The topological polar surface area (TPSA) is 21.3 Å². The molecule has 0 radical (unpaired) electrons. The normalized spacial score (nSPS) is 9.95. The van der Waals surface area contributed by atoms with Crippen molar-refractivity contribution in [1.82, 2.24) is 5.32 Å². The Hall–Kier alpha value is -2.06. The van der Waals surface area contributed by atoms with E-state index in [-0.39, 0.29) is 0 Å². The third-order valence-corrected chi connectivity index (χ3v) is 2.87. The van der Waals surface area contributed by atoms with Crippen molar-refractivity contribution in [3.05, 3.63) is 78.0 Å². The summed E-state index contributed by atoms with van der Waals surface area (Å²) in [5, 5.41) is 3.30. The summed E-state index contributed by atoms with van der Waals surface area (Å²) in [6.07, 6.45) is 2.06. The molecule has 1 N–H and O–H groups in total. The third kappa shape index (κ3) is 3.97. The quantitative estimate of drug-likeness (QED) is 0.797. The second kappa shape index (κ2) is 7.39. The summed E-state index contributed by atoms with van der Waals surface area (Å²) in [4.78, 5) is 0. The third-order valence-electron chi connectivity index (χ3n) is 2.87. The van der Waals surface area contributed by atoms with Crippen molar-refractivity contribution in [2.45, 2.75) is 0 Å². The predicted molar refractivity (Wildman–Crippen MR) is 79.8 cm³/mol. The lowest BCUT2D eigenvalue weighted by Gasteiger charge is -2.09. The minimum absolute atomic E-state index is 0.702. The Bertz CT molecular complexity index is 464. The van der Waals surface area contributed by atoms with Gasteiger partial charge in [-0.15, -0.1) is 0 Å². The van der Waals surface area contributed by atoms with Crippen LogP contribution in [-0.4, -0.2) is 20.3 Å². The van der Waals surface area contributed by atoms with E-state index < -0.39 is 0 Å². The van der Waals surface area contributed by atoms with Crippen LogP contribution in [0.3, 0.4) is 0 Å². The van der Waals surface area contributed by atoms with Gasteiger partial charge in [0.1, 0.15) is 0 Å². The monoisotopic (exact) mass is 253 g/mol. The Morgan fingerprint density at radius 1 is 0.947 bits per heavy atom. The van der Waals surface area contributed by atoms with Gasteiger partial charge in [-0.2, -0.15) is 0 Å². The van der Waals surface area contributed by atoms with E-state index in [9.17, 15) is 0 Å². The van der Waals surface area contributed by atoms with Crippen molar-refractivity contribution in [2.24, 2.45) is 0 Å². The number of benzene rings is 2. The molecule has 2 aromatic rings. The van der Waals surface area contributed by atoms with Gasteiger partial charge < -0.3 is 10.1 Å². The van der Waals surface area contributed by atoms with E-state index in [1.807, 2.05) is 12.1 Å². The van der Waals surface area contributed by atoms with Gasteiger partial charge in [0.2, 0.25) is 0 Å².